The highest BCUT2D eigenvalue weighted by Gasteiger charge is 2.37. The molecule has 7 aromatic carbocycles. The molecule has 2 aromatic heterocycles. The lowest BCUT2D eigenvalue weighted by molar-refractivity contribution is 0.359. The molecule has 0 fully saturated rings. The Hall–Kier alpha value is -7.05. The van der Waals surface area contributed by atoms with Gasteiger partial charge in [-0.05, 0) is 64.2 Å². The van der Waals surface area contributed by atoms with Crippen LogP contribution in [0.3, 0.4) is 0 Å². The minimum absolute atomic E-state index is 0.135. The molecule has 0 spiro atoms. The fraction of sp³-hybridized carbons (Fsp3) is 0.0625. The maximum absolute atomic E-state index is 6.58. The van der Waals surface area contributed by atoms with Crippen LogP contribution < -0.4 is 9.47 Å². The molecule has 0 atom stereocenters. The van der Waals surface area contributed by atoms with Crippen molar-refractivity contribution in [1.82, 2.24) is 15.0 Å². The van der Waals surface area contributed by atoms with Crippen LogP contribution in [0.5, 0.6) is 23.0 Å². The van der Waals surface area contributed by atoms with Gasteiger partial charge >= 0.3 is 0 Å². The van der Waals surface area contributed by atoms with E-state index in [2.05, 4.69) is 98.8 Å². The van der Waals surface area contributed by atoms with Gasteiger partial charge in [0.15, 0.2) is 40.5 Å². The SMILES string of the molecule is CC1(C)c2ccccc2-c2cc3c(cc21)Oc1ccc(-c2nc(-c4ccccc4)nc(-c4ccc(-c5cccc6c5oc5ccccc56)cc4)n2)cc1O3. The topological polar surface area (TPSA) is 70.3 Å². The minimum Gasteiger partial charge on any atom is -0.455 e. The number of para-hydroxylation sites is 2. The predicted octanol–water partition coefficient (Wildman–Crippen LogP) is 12.6. The molecule has 256 valence electrons. The van der Waals surface area contributed by atoms with Gasteiger partial charge in [-0.2, -0.15) is 0 Å². The van der Waals surface area contributed by atoms with Crippen LogP contribution in [0.25, 0.3) is 78.4 Å². The van der Waals surface area contributed by atoms with Crippen molar-refractivity contribution in [3.8, 4) is 79.4 Å². The van der Waals surface area contributed by atoms with Gasteiger partial charge in [0.05, 0.1) is 0 Å². The van der Waals surface area contributed by atoms with E-state index in [1.165, 1.54) is 22.3 Å². The van der Waals surface area contributed by atoms with Crippen LogP contribution >= 0.6 is 0 Å². The van der Waals surface area contributed by atoms with Crippen molar-refractivity contribution in [2.75, 3.05) is 0 Å². The van der Waals surface area contributed by atoms with Gasteiger partial charge in [-0.25, -0.2) is 15.0 Å². The summed E-state index contributed by atoms with van der Waals surface area (Å²) in [6, 6.07) is 51.4. The van der Waals surface area contributed by atoms with Crippen molar-refractivity contribution in [1.29, 1.82) is 0 Å². The number of aromatic nitrogens is 3. The maximum Gasteiger partial charge on any atom is 0.170 e. The second kappa shape index (κ2) is 11.5. The number of rotatable bonds is 4. The zero-order valence-electron chi connectivity index (χ0n) is 29.5. The standard InChI is InChI=1S/C48H31N3O3/c1-48(2)37-17-8-6-13-33(37)36-26-42-43(27-38(36)48)52-40-24-23-31(25-41(40)53-42)47-50-45(29-11-4-3-5-12-29)49-46(51-47)30-21-19-28(20-22-30)32-15-10-16-35-34-14-7-9-18-39(34)54-44(32)35/h3-27H,1-2H3. The Kier molecular flexibility index (Phi) is 6.49. The highest BCUT2D eigenvalue weighted by molar-refractivity contribution is 6.09. The van der Waals surface area contributed by atoms with Gasteiger partial charge < -0.3 is 13.9 Å². The van der Waals surface area contributed by atoms with Gasteiger partial charge in [0, 0.05) is 38.4 Å². The molecule has 0 amide bonds. The van der Waals surface area contributed by atoms with E-state index in [9.17, 15) is 0 Å². The molecule has 2 aliphatic rings. The quantitative estimate of drug-likeness (QED) is 0.182. The molecular weight excluding hydrogens is 667 g/mol. The highest BCUT2D eigenvalue weighted by atomic mass is 16.6. The molecule has 0 N–H and O–H groups in total. The summed E-state index contributed by atoms with van der Waals surface area (Å²) in [5.74, 6) is 4.35. The van der Waals surface area contributed by atoms with E-state index in [-0.39, 0.29) is 5.41 Å². The summed E-state index contributed by atoms with van der Waals surface area (Å²) in [4.78, 5) is 15.0. The Morgan fingerprint density at radius 1 is 0.407 bits per heavy atom. The highest BCUT2D eigenvalue weighted by Crippen LogP contribution is 2.55. The first-order valence-electron chi connectivity index (χ1n) is 18.1. The Morgan fingerprint density at radius 2 is 1.00 bits per heavy atom. The van der Waals surface area contributed by atoms with Crippen LogP contribution in [0.2, 0.25) is 0 Å². The van der Waals surface area contributed by atoms with Crippen LogP contribution in [0.15, 0.2) is 156 Å². The van der Waals surface area contributed by atoms with Crippen LogP contribution in [-0.2, 0) is 5.41 Å². The zero-order valence-corrected chi connectivity index (χ0v) is 29.5. The average molecular weight is 698 g/mol. The maximum atomic E-state index is 6.58. The molecule has 6 heteroatoms. The minimum atomic E-state index is -0.135. The van der Waals surface area contributed by atoms with E-state index in [1.807, 2.05) is 66.7 Å². The number of fused-ring (bicyclic) bond motifs is 8. The van der Waals surface area contributed by atoms with Crippen molar-refractivity contribution in [2.24, 2.45) is 0 Å². The van der Waals surface area contributed by atoms with Gasteiger partial charge in [-0.3, -0.25) is 0 Å². The van der Waals surface area contributed by atoms with Gasteiger partial charge in [0.2, 0.25) is 0 Å². The molecule has 0 saturated carbocycles. The van der Waals surface area contributed by atoms with Gasteiger partial charge in [-0.1, -0.05) is 129 Å². The number of hydrogen-bond donors (Lipinski definition) is 0. The van der Waals surface area contributed by atoms with Crippen molar-refractivity contribution in [3.63, 3.8) is 0 Å². The summed E-state index contributed by atoms with van der Waals surface area (Å²) in [5, 5.41) is 2.21. The Labute approximate surface area is 311 Å². The first-order valence-corrected chi connectivity index (χ1v) is 18.1. The molecule has 0 bridgehead atoms. The monoisotopic (exact) mass is 697 g/mol. The molecule has 1 aliphatic carbocycles. The molecule has 0 unspecified atom stereocenters. The van der Waals surface area contributed by atoms with Crippen LogP contribution in [-0.4, -0.2) is 15.0 Å². The number of ether oxygens (including phenoxy) is 2. The van der Waals surface area contributed by atoms with E-state index in [0.29, 0.717) is 40.5 Å². The molecule has 11 rings (SSSR count). The molecule has 54 heavy (non-hydrogen) atoms. The second-order valence-corrected chi connectivity index (χ2v) is 14.4. The van der Waals surface area contributed by atoms with E-state index in [0.717, 1.165) is 49.8 Å². The summed E-state index contributed by atoms with van der Waals surface area (Å²) < 4.78 is 19.4. The summed E-state index contributed by atoms with van der Waals surface area (Å²) in [6.45, 7) is 4.52. The van der Waals surface area contributed by atoms with Crippen molar-refractivity contribution in [2.45, 2.75) is 19.3 Å². The van der Waals surface area contributed by atoms with Crippen LogP contribution in [0, 0.1) is 0 Å². The largest absolute Gasteiger partial charge is 0.455 e. The lowest BCUT2D eigenvalue weighted by Gasteiger charge is -2.25. The van der Waals surface area contributed by atoms with Crippen LogP contribution in [0.1, 0.15) is 25.0 Å². The summed E-state index contributed by atoms with van der Waals surface area (Å²) in [5.41, 5.74) is 11.2. The van der Waals surface area contributed by atoms with E-state index >= 15 is 0 Å². The smallest absolute Gasteiger partial charge is 0.170 e. The first-order chi connectivity index (χ1) is 26.5. The van der Waals surface area contributed by atoms with Gasteiger partial charge in [0.25, 0.3) is 0 Å². The number of hydrogen-bond acceptors (Lipinski definition) is 6. The third-order valence-corrected chi connectivity index (χ3v) is 10.8. The fourth-order valence-electron chi connectivity index (χ4n) is 8.04. The summed E-state index contributed by atoms with van der Waals surface area (Å²) in [7, 11) is 0. The molecule has 9 aromatic rings. The molecule has 1 aliphatic heterocycles. The Morgan fingerprint density at radius 3 is 1.83 bits per heavy atom. The van der Waals surface area contributed by atoms with Crippen molar-refractivity contribution < 1.29 is 13.9 Å². The normalized spacial score (nSPS) is 13.4. The number of benzene rings is 7. The predicted molar refractivity (Wildman–Crippen MR) is 213 cm³/mol. The lowest BCUT2D eigenvalue weighted by Crippen LogP contribution is -2.15. The van der Waals surface area contributed by atoms with E-state index in [4.69, 9.17) is 28.8 Å². The molecule has 6 nitrogen and oxygen atoms in total. The third-order valence-electron chi connectivity index (χ3n) is 10.8. The molecule has 0 radical (unpaired) electrons. The van der Waals surface area contributed by atoms with Crippen molar-refractivity contribution in [3.05, 3.63) is 163 Å². The molecule has 3 heterocycles. The number of furan rings is 1. The van der Waals surface area contributed by atoms with Crippen LogP contribution in [0.4, 0.5) is 0 Å². The first kappa shape index (κ1) is 30.6. The van der Waals surface area contributed by atoms with Gasteiger partial charge in [0.1, 0.15) is 11.2 Å². The van der Waals surface area contributed by atoms with E-state index in [1.54, 1.807) is 0 Å². The van der Waals surface area contributed by atoms with Gasteiger partial charge in [-0.15, -0.1) is 0 Å². The average Bonchev–Trinajstić information content (AvgIpc) is 3.71. The van der Waals surface area contributed by atoms with E-state index < -0.39 is 0 Å². The molecule has 0 saturated heterocycles. The van der Waals surface area contributed by atoms with Crippen molar-refractivity contribution >= 4 is 21.9 Å². The zero-order chi connectivity index (χ0) is 36.0. The Bertz CT molecular complexity index is 2970. The summed E-state index contributed by atoms with van der Waals surface area (Å²) >= 11 is 0. The third kappa shape index (κ3) is 4.70. The summed E-state index contributed by atoms with van der Waals surface area (Å²) in [6.07, 6.45) is 0. The molecular formula is C48H31N3O3. The second-order valence-electron chi connectivity index (χ2n) is 14.4. The number of nitrogens with zero attached hydrogens (tertiary/aromatic N) is 3. The lowest BCUT2D eigenvalue weighted by atomic mass is 9.82. The fourth-order valence-corrected chi connectivity index (χ4v) is 8.04. The Balaban J connectivity index is 0.972.